The van der Waals surface area contributed by atoms with Gasteiger partial charge in [-0.3, -0.25) is 24.0 Å². The zero-order valence-electron chi connectivity index (χ0n) is 25.7. The summed E-state index contributed by atoms with van der Waals surface area (Å²) >= 11 is 0. The minimum Gasteiger partial charge on any atom is -0.480 e. The Morgan fingerprint density at radius 3 is 1.95 bits per heavy atom. The molecule has 0 fully saturated rings. The predicted octanol–water partition coefficient (Wildman–Crippen LogP) is -2.12. The molecule has 44 heavy (non-hydrogen) atoms. The third kappa shape index (κ3) is 13.5. The zero-order valence-corrected chi connectivity index (χ0v) is 25.7. The van der Waals surface area contributed by atoms with E-state index in [9.17, 15) is 39.0 Å². The van der Waals surface area contributed by atoms with Crippen LogP contribution >= 0.6 is 0 Å². The first-order chi connectivity index (χ1) is 20.7. The van der Waals surface area contributed by atoms with Crippen LogP contribution in [0.5, 0.6) is 0 Å². The molecule has 0 heterocycles. The lowest BCUT2D eigenvalue weighted by Gasteiger charge is -2.27. The van der Waals surface area contributed by atoms with Crippen LogP contribution in [0.4, 0.5) is 0 Å². The molecule has 1 aromatic carbocycles. The van der Waals surface area contributed by atoms with Crippen LogP contribution in [0.25, 0.3) is 0 Å². The third-order valence-corrected chi connectivity index (χ3v) is 6.74. The largest absolute Gasteiger partial charge is 0.480 e. The quantitative estimate of drug-likeness (QED) is 0.0759. The van der Waals surface area contributed by atoms with E-state index in [1.807, 2.05) is 0 Å². The van der Waals surface area contributed by atoms with Crippen LogP contribution < -0.4 is 38.1 Å². The standard InChI is InChI=1S/C29H47N7O8/c1-16(2)24(36-27(41)23(31)18(4)37)28(42)35-21(14-19-10-6-5-7-11-19)26(40)32-15-22(38)33-17(3)25(39)34-20(29(43)44)12-8-9-13-30/h5-7,10-11,16-18,20-21,23-24,37H,8-9,12-15,30-31H2,1-4H3,(H,32,40)(H,33,38)(H,34,39)(H,35,42)(H,36,41)(H,43,44)/t17-,18+,20-,21-,23-,24-/m0/s1. The fourth-order valence-corrected chi connectivity index (χ4v) is 4.02. The minimum atomic E-state index is -1.26. The van der Waals surface area contributed by atoms with Crippen LogP contribution in [0.1, 0.15) is 52.5 Å². The number of carbonyl (C=O) groups is 6. The minimum absolute atomic E-state index is 0.0610. The number of aliphatic hydroxyl groups is 1. The maximum absolute atomic E-state index is 13.2. The number of carbonyl (C=O) groups excluding carboxylic acids is 5. The van der Waals surface area contributed by atoms with Gasteiger partial charge < -0.3 is 48.3 Å². The van der Waals surface area contributed by atoms with E-state index in [2.05, 4.69) is 26.6 Å². The molecule has 0 bridgehead atoms. The molecule has 0 unspecified atom stereocenters. The first-order valence-electron chi connectivity index (χ1n) is 14.6. The van der Waals surface area contributed by atoms with E-state index in [0.717, 1.165) is 0 Å². The van der Waals surface area contributed by atoms with Crippen LogP contribution in [-0.4, -0.2) is 95.1 Å². The third-order valence-electron chi connectivity index (χ3n) is 6.74. The number of benzene rings is 1. The van der Waals surface area contributed by atoms with Crippen molar-refractivity contribution in [3.05, 3.63) is 35.9 Å². The van der Waals surface area contributed by atoms with E-state index in [-0.39, 0.29) is 12.8 Å². The highest BCUT2D eigenvalue weighted by atomic mass is 16.4. The molecule has 0 aromatic heterocycles. The topological polar surface area (TPSA) is 255 Å². The van der Waals surface area contributed by atoms with Gasteiger partial charge in [0, 0.05) is 6.42 Å². The Balaban J connectivity index is 2.89. The summed E-state index contributed by atoms with van der Waals surface area (Å²) in [6.07, 6.45) is 0.189. The van der Waals surface area contributed by atoms with Gasteiger partial charge in [-0.1, -0.05) is 44.2 Å². The van der Waals surface area contributed by atoms with Crippen molar-refractivity contribution in [1.29, 1.82) is 0 Å². The van der Waals surface area contributed by atoms with Crippen molar-refractivity contribution in [1.82, 2.24) is 26.6 Å². The van der Waals surface area contributed by atoms with Gasteiger partial charge >= 0.3 is 5.97 Å². The van der Waals surface area contributed by atoms with Crippen molar-refractivity contribution >= 4 is 35.5 Å². The van der Waals surface area contributed by atoms with Crippen molar-refractivity contribution in [2.45, 2.75) is 89.7 Å². The molecular weight excluding hydrogens is 574 g/mol. The molecule has 0 spiro atoms. The van der Waals surface area contributed by atoms with Crippen LogP contribution in [0, 0.1) is 5.92 Å². The lowest BCUT2D eigenvalue weighted by molar-refractivity contribution is -0.142. The summed E-state index contributed by atoms with van der Waals surface area (Å²) in [7, 11) is 0. The lowest BCUT2D eigenvalue weighted by atomic mass is 10.00. The van der Waals surface area contributed by atoms with Crippen LogP contribution in [0.2, 0.25) is 0 Å². The van der Waals surface area contributed by atoms with E-state index in [1.165, 1.54) is 13.8 Å². The number of nitrogens with one attached hydrogen (secondary N) is 5. The summed E-state index contributed by atoms with van der Waals surface area (Å²) in [5.74, 6) is -5.15. The highest BCUT2D eigenvalue weighted by molar-refractivity contribution is 5.95. The van der Waals surface area contributed by atoms with E-state index >= 15 is 0 Å². The van der Waals surface area contributed by atoms with Gasteiger partial charge in [-0.15, -0.1) is 0 Å². The molecule has 15 nitrogen and oxygen atoms in total. The Morgan fingerprint density at radius 1 is 0.795 bits per heavy atom. The molecule has 246 valence electrons. The Labute approximate surface area is 257 Å². The maximum Gasteiger partial charge on any atom is 0.326 e. The molecule has 0 aliphatic rings. The summed E-state index contributed by atoms with van der Waals surface area (Å²) in [6.45, 7) is 5.94. The zero-order chi connectivity index (χ0) is 33.4. The molecule has 5 amide bonds. The number of nitrogens with two attached hydrogens (primary N) is 2. The average Bonchev–Trinajstić information content (AvgIpc) is 2.97. The van der Waals surface area contributed by atoms with E-state index in [4.69, 9.17) is 11.5 Å². The summed E-state index contributed by atoms with van der Waals surface area (Å²) in [6, 6.07) is 3.08. The van der Waals surface area contributed by atoms with E-state index in [0.29, 0.717) is 24.9 Å². The molecule has 0 saturated carbocycles. The second kappa shape index (κ2) is 19.2. The number of aliphatic carboxylic acids is 1. The highest BCUT2D eigenvalue weighted by Crippen LogP contribution is 2.08. The number of amides is 5. The monoisotopic (exact) mass is 621 g/mol. The van der Waals surface area contributed by atoms with Crippen molar-refractivity contribution in [2.75, 3.05) is 13.1 Å². The lowest BCUT2D eigenvalue weighted by Crippen LogP contribution is -2.59. The molecule has 0 radical (unpaired) electrons. The highest BCUT2D eigenvalue weighted by Gasteiger charge is 2.31. The average molecular weight is 622 g/mol. The van der Waals surface area contributed by atoms with Crippen molar-refractivity contribution in [3.8, 4) is 0 Å². The maximum atomic E-state index is 13.2. The van der Waals surface area contributed by atoms with Gasteiger partial charge in [0.1, 0.15) is 30.2 Å². The number of rotatable bonds is 19. The smallest absolute Gasteiger partial charge is 0.326 e. The van der Waals surface area contributed by atoms with Crippen LogP contribution in [-0.2, 0) is 35.2 Å². The van der Waals surface area contributed by atoms with Gasteiger partial charge in [0.05, 0.1) is 12.6 Å². The first-order valence-corrected chi connectivity index (χ1v) is 14.6. The van der Waals surface area contributed by atoms with Crippen LogP contribution in [0.15, 0.2) is 30.3 Å². The number of hydrogen-bond donors (Lipinski definition) is 9. The van der Waals surface area contributed by atoms with E-state index < -0.39 is 84.3 Å². The summed E-state index contributed by atoms with van der Waals surface area (Å²) < 4.78 is 0. The molecule has 1 rings (SSSR count). The number of carboxylic acid groups (broad SMARTS) is 1. The van der Waals surface area contributed by atoms with Gasteiger partial charge in [-0.2, -0.15) is 0 Å². The number of hydrogen-bond acceptors (Lipinski definition) is 9. The molecule has 15 heteroatoms. The normalized spacial score (nSPS) is 15.1. The van der Waals surface area contributed by atoms with Gasteiger partial charge in [0.25, 0.3) is 0 Å². The fraction of sp³-hybridized carbons (Fsp3) is 0.586. The van der Waals surface area contributed by atoms with Gasteiger partial charge in [0.15, 0.2) is 0 Å². The molecule has 11 N–H and O–H groups in total. The SMILES string of the molecule is CC(C)[C@H](NC(=O)[C@@H](N)[C@@H](C)O)C(=O)N[C@@H](Cc1ccccc1)C(=O)NCC(=O)N[C@@H](C)C(=O)N[C@@H](CCCCN)C(=O)O. The second-order valence-corrected chi connectivity index (χ2v) is 10.9. The Kier molecular flexibility index (Phi) is 16.6. The van der Waals surface area contributed by atoms with Crippen molar-refractivity contribution in [2.24, 2.45) is 17.4 Å². The number of aliphatic hydroxyl groups excluding tert-OH is 1. The number of carboxylic acids is 1. The van der Waals surface area contributed by atoms with Gasteiger partial charge in [0.2, 0.25) is 29.5 Å². The van der Waals surface area contributed by atoms with Gasteiger partial charge in [-0.25, -0.2) is 4.79 Å². The molecule has 0 saturated heterocycles. The molecule has 0 aliphatic heterocycles. The molecule has 6 atom stereocenters. The Morgan fingerprint density at radius 2 is 1.41 bits per heavy atom. The summed E-state index contributed by atoms with van der Waals surface area (Å²) in [5.41, 5.74) is 11.8. The summed E-state index contributed by atoms with van der Waals surface area (Å²) in [4.78, 5) is 75.3. The molecular formula is C29H47N7O8. The Bertz CT molecular complexity index is 1120. The first kappa shape index (κ1) is 37.9. The fourth-order valence-electron chi connectivity index (χ4n) is 4.02. The van der Waals surface area contributed by atoms with Crippen LogP contribution in [0.3, 0.4) is 0 Å². The predicted molar refractivity (Wildman–Crippen MR) is 162 cm³/mol. The summed E-state index contributed by atoms with van der Waals surface area (Å²) in [5, 5.41) is 31.4. The molecule has 1 aromatic rings. The second-order valence-electron chi connectivity index (χ2n) is 10.9. The Hall–Kier alpha value is -4.08. The van der Waals surface area contributed by atoms with Crippen molar-refractivity contribution in [3.63, 3.8) is 0 Å². The van der Waals surface area contributed by atoms with E-state index in [1.54, 1.807) is 44.2 Å². The van der Waals surface area contributed by atoms with Crippen molar-refractivity contribution < 1.29 is 39.0 Å². The molecule has 0 aliphatic carbocycles. The van der Waals surface area contributed by atoms with Gasteiger partial charge in [-0.05, 0) is 51.1 Å². The number of unbranched alkanes of at least 4 members (excludes halogenated alkanes) is 1.